The third-order valence-corrected chi connectivity index (χ3v) is 3.82. The molecule has 0 spiro atoms. The maximum atomic E-state index is 12.3. The summed E-state index contributed by atoms with van der Waals surface area (Å²) in [5.74, 6) is 0.206. The summed E-state index contributed by atoms with van der Waals surface area (Å²) in [7, 11) is 1.31. The van der Waals surface area contributed by atoms with Gasteiger partial charge in [0.15, 0.2) is 5.69 Å². The van der Waals surface area contributed by atoms with Gasteiger partial charge in [0.25, 0.3) is 5.91 Å². The second kappa shape index (κ2) is 7.50. The number of furan rings is 1. The van der Waals surface area contributed by atoms with Crippen molar-refractivity contribution in [2.24, 2.45) is 0 Å². The second-order valence-electron chi connectivity index (χ2n) is 5.31. The molecule has 0 aromatic carbocycles. The quantitative estimate of drug-likeness (QED) is 0.709. The van der Waals surface area contributed by atoms with Crippen LogP contribution in [0.3, 0.4) is 0 Å². The van der Waals surface area contributed by atoms with Crippen LogP contribution >= 0.6 is 12.4 Å². The van der Waals surface area contributed by atoms with Crippen LogP contribution in [0.5, 0.6) is 0 Å². The van der Waals surface area contributed by atoms with Gasteiger partial charge in [-0.05, 0) is 13.0 Å². The third-order valence-electron chi connectivity index (χ3n) is 3.82. The number of methoxy groups -OCH3 is 1. The molecule has 0 unspecified atom stereocenters. The number of hydrogen-bond acceptors (Lipinski definition) is 6. The highest BCUT2D eigenvalue weighted by molar-refractivity contribution is 5.94. The van der Waals surface area contributed by atoms with Gasteiger partial charge in [0.1, 0.15) is 17.1 Å². The lowest BCUT2D eigenvalue weighted by Gasteiger charge is -2.12. The van der Waals surface area contributed by atoms with E-state index in [4.69, 9.17) is 4.42 Å². The first-order valence-electron chi connectivity index (χ1n) is 7.32. The molecule has 0 fully saturated rings. The molecule has 0 saturated heterocycles. The summed E-state index contributed by atoms with van der Waals surface area (Å²) in [4.78, 5) is 23.8. The molecule has 0 radical (unpaired) electrons. The second-order valence-corrected chi connectivity index (χ2v) is 5.31. The van der Waals surface area contributed by atoms with Gasteiger partial charge in [-0.15, -0.1) is 12.4 Å². The van der Waals surface area contributed by atoms with E-state index in [1.807, 2.05) is 0 Å². The Morgan fingerprint density at radius 1 is 1.46 bits per heavy atom. The SMILES string of the molecule is COC(=O)c1cc(CNC(=O)c2n[nH]c3c2CNCC3)oc1C.Cl. The molecule has 1 amide bonds. The average Bonchev–Trinajstić information content (AvgIpc) is 3.15. The van der Waals surface area contributed by atoms with Crippen molar-refractivity contribution < 1.29 is 18.7 Å². The molecule has 24 heavy (non-hydrogen) atoms. The number of ether oxygens (including phenoxy) is 1. The predicted molar refractivity (Wildman–Crippen MR) is 87.2 cm³/mol. The highest BCUT2D eigenvalue weighted by Gasteiger charge is 2.22. The Labute approximate surface area is 144 Å². The van der Waals surface area contributed by atoms with E-state index in [0.717, 1.165) is 24.2 Å². The van der Waals surface area contributed by atoms with Crippen LogP contribution in [0, 0.1) is 6.92 Å². The maximum absolute atomic E-state index is 12.3. The lowest BCUT2D eigenvalue weighted by atomic mass is 10.1. The first kappa shape index (κ1) is 18.0. The van der Waals surface area contributed by atoms with E-state index in [1.165, 1.54) is 7.11 Å². The fraction of sp³-hybridized carbons (Fsp3) is 0.400. The number of nitrogens with one attached hydrogen (secondary N) is 3. The number of rotatable bonds is 4. The van der Waals surface area contributed by atoms with Gasteiger partial charge < -0.3 is 19.8 Å². The van der Waals surface area contributed by atoms with Crippen molar-refractivity contribution in [1.82, 2.24) is 20.8 Å². The lowest BCUT2D eigenvalue weighted by molar-refractivity contribution is 0.0598. The van der Waals surface area contributed by atoms with Crippen molar-refractivity contribution in [2.75, 3.05) is 13.7 Å². The molecule has 0 atom stereocenters. The van der Waals surface area contributed by atoms with Crippen LogP contribution in [0.2, 0.25) is 0 Å². The first-order valence-corrected chi connectivity index (χ1v) is 7.32. The molecule has 0 saturated carbocycles. The van der Waals surface area contributed by atoms with Gasteiger partial charge in [-0.1, -0.05) is 0 Å². The number of fused-ring (bicyclic) bond motifs is 1. The fourth-order valence-corrected chi connectivity index (χ4v) is 2.61. The summed E-state index contributed by atoms with van der Waals surface area (Å²) in [6, 6.07) is 1.57. The van der Waals surface area contributed by atoms with E-state index in [9.17, 15) is 9.59 Å². The Morgan fingerprint density at radius 3 is 3.00 bits per heavy atom. The van der Waals surface area contributed by atoms with Crippen LogP contribution in [0.25, 0.3) is 0 Å². The molecule has 2 aromatic rings. The number of H-pyrrole nitrogens is 1. The van der Waals surface area contributed by atoms with E-state index in [1.54, 1.807) is 13.0 Å². The van der Waals surface area contributed by atoms with E-state index in [2.05, 4.69) is 25.6 Å². The number of amides is 1. The molecular formula is C15H19ClN4O4. The van der Waals surface area contributed by atoms with Crippen molar-refractivity contribution in [2.45, 2.75) is 26.4 Å². The third kappa shape index (κ3) is 3.44. The molecular weight excluding hydrogens is 336 g/mol. The molecule has 3 N–H and O–H groups in total. The number of aryl methyl sites for hydroxylation is 1. The zero-order valence-electron chi connectivity index (χ0n) is 13.4. The van der Waals surface area contributed by atoms with Crippen LogP contribution in [-0.4, -0.2) is 35.7 Å². The van der Waals surface area contributed by atoms with Crippen molar-refractivity contribution in [3.63, 3.8) is 0 Å². The van der Waals surface area contributed by atoms with Gasteiger partial charge in [-0.3, -0.25) is 9.89 Å². The highest BCUT2D eigenvalue weighted by Crippen LogP contribution is 2.17. The normalized spacial score (nSPS) is 12.9. The summed E-state index contributed by atoms with van der Waals surface area (Å²) in [6.07, 6.45) is 0.829. The number of esters is 1. The van der Waals surface area contributed by atoms with Crippen LogP contribution < -0.4 is 10.6 Å². The number of hydrogen-bond donors (Lipinski definition) is 3. The Morgan fingerprint density at radius 2 is 2.25 bits per heavy atom. The number of nitrogens with zero attached hydrogens (tertiary/aromatic N) is 1. The van der Waals surface area contributed by atoms with Gasteiger partial charge in [-0.25, -0.2) is 4.79 Å². The standard InChI is InChI=1S/C15H18N4O4.ClH/c1-8-10(15(21)22-2)5-9(23-8)6-17-14(20)13-11-7-16-4-3-12(11)18-19-13;/h5,16H,3-4,6-7H2,1-2H3,(H,17,20)(H,18,19);1H. The number of aromatic amines is 1. The Balaban J connectivity index is 0.00000208. The van der Waals surface area contributed by atoms with Gasteiger partial charge in [0.2, 0.25) is 0 Å². The zero-order valence-corrected chi connectivity index (χ0v) is 14.2. The summed E-state index contributed by atoms with van der Waals surface area (Å²) in [6.45, 7) is 3.35. The van der Waals surface area contributed by atoms with Crippen molar-refractivity contribution in [3.05, 3.63) is 40.1 Å². The fourth-order valence-electron chi connectivity index (χ4n) is 2.61. The Bertz CT molecular complexity index is 753. The molecule has 9 heteroatoms. The average molecular weight is 355 g/mol. The van der Waals surface area contributed by atoms with Gasteiger partial charge >= 0.3 is 5.97 Å². The smallest absolute Gasteiger partial charge is 0.341 e. The first-order chi connectivity index (χ1) is 11.1. The lowest BCUT2D eigenvalue weighted by Crippen LogP contribution is -2.28. The van der Waals surface area contributed by atoms with E-state index in [0.29, 0.717) is 29.3 Å². The van der Waals surface area contributed by atoms with Crippen molar-refractivity contribution in [1.29, 1.82) is 0 Å². The molecule has 130 valence electrons. The predicted octanol–water partition coefficient (Wildman–Crippen LogP) is 1.10. The number of aromatic nitrogens is 2. The van der Waals surface area contributed by atoms with E-state index in [-0.39, 0.29) is 24.9 Å². The van der Waals surface area contributed by atoms with Gasteiger partial charge in [-0.2, -0.15) is 5.10 Å². The molecule has 1 aliphatic rings. The molecule has 3 heterocycles. The molecule has 1 aliphatic heterocycles. The highest BCUT2D eigenvalue weighted by atomic mass is 35.5. The Hall–Kier alpha value is -2.32. The largest absolute Gasteiger partial charge is 0.465 e. The van der Waals surface area contributed by atoms with Crippen LogP contribution in [0.1, 0.15) is 43.6 Å². The monoisotopic (exact) mass is 354 g/mol. The molecule has 8 nitrogen and oxygen atoms in total. The summed E-state index contributed by atoms with van der Waals surface area (Å²) in [5.41, 5.74) is 2.65. The van der Waals surface area contributed by atoms with Gasteiger partial charge in [0, 0.05) is 30.8 Å². The zero-order chi connectivity index (χ0) is 16.4. The summed E-state index contributed by atoms with van der Waals surface area (Å²) in [5, 5.41) is 13.0. The minimum Gasteiger partial charge on any atom is -0.465 e. The Kier molecular flexibility index (Phi) is 5.63. The summed E-state index contributed by atoms with van der Waals surface area (Å²) < 4.78 is 10.1. The van der Waals surface area contributed by atoms with Crippen LogP contribution in [-0.2, 0) is 24.2 Å². The van der Waals surface area contributed by atoms with Crippen LogP contribution in [0.15, 0.2) is 10.5 Å². The topological polar surface area (TPSA) is 109 Å². The summed E-state index contributed by atoms with van der Waals surface area (Å²) >= 11 is 0. The van der Waals surface area contributed by atoms with Crippen molar-refractivity contribution in [3.8, 4) is 0 Å². The minimum absolute atomic E-state index is 0. The molecule has 0 bridgehead atoms. The van der Waals surface area contributed by atoms with E-state index >= 15 is 0 Å². The van der Waals surface area contributed by atoms with Gasteiger partial charge in [0.05, 0.1) is 13.7 Å². The van der Waals surface area contributed by atoms with Crippen molar-refractivity contribution >= 4 is 24.3 Å². The molecule has 0 aliphatic carbocycles. The van der Waals surface area contributed by atoms with Crippen LogP contribution in [0.4, 0.5) is 0 Å². The maximum Gasteiger partial charge on any atom is 0.341 e. The molecule has 2 aromatic heterocycles. The number of carbonyl (C=O) groups is 2. The van der Waals surface area contributed by atoms with E-state index < -0.39 is 5.97 Å². The number of carbonyl (C=O) groups excluding carboxylic acids is 2. The number of halogens is 1. The molecule has 3 rings (SSSR count). The minimum atomic E-state index is -0.462.